The topological polar surface area (TPSA) is 23.1 Å². The second-order valence-corrected chi connectivity index (χ2v) is 6.80. The average Bonchev–Trinajstić information content (AvgIpc) is 2.46. The minimum Gasteiger partial charge on any atom is -0.606 e. The predicted octanol–water partition coefficient (Wildman–Crippen LogP) is 4.40. The summed E-state index contributed by atoms with van der Waals surface area (Å²) in [4.78, 5) is 1.85. The number of aryl methyl sites for hydroxylation is 3. The van der Waals surface area contributed by atoms with Crippen LogP contribution in [0.5, 0.6) is 0 Å². The van der Waals surface area contributed by atoms with E-state index in [0.29, 0.717) is 0 Å². The molecule has 0 heterocycles. The monoisotopic (exact) mass is 282 g/mol. The first kappa shape index (κ1) is 13.5. The van der Waals surface area contributed by atoms with E-state index in [9.17, 15) is 4.55 Å². The summed E-state index contributed by atoms with van der Waals surface area (Å²) in [7, 11) is 0. The van der Waals surface area contributed by atoms with Gasteiger partial charge < -0.3 is 4.55 Å². The van der Waals surface area contributed by atoms with Gasteiger partial charge in [0.2, 0.25) is 0 Å². The van der Waals surface area contributed by atoms with Gasteiger partial charge >= 0.3 is 0 Å². The van der Waals surface area contributed by atoms with Gasteiger partial charge in [-0.25, -0.2) is 0 Å². The van der Waals surface area contributed by atoms with Crippen LogP contribution >= 0.6 is 0 Å². The van der Waals surface area contributed by atoms with Gasteiger partial charge in [0, 0.05) is 16.7 Å². The predicted molar refractivity (Wildman–Crippen MR) is 85.1 cm³/mol. The van der Waals surface area contributed by atoms with E-state index in [4.69, 9.17) is 0 Å². The Balaban J connectivity index is 1.98. The van der Waals surface area contributed by atoms with E-state index in [2.05, 4.69) is 31.2 Å². The number of hydrogen-bond donors (Lipinski definition) is 0. The fourth-order valence-corrected chi connectivity index (χ4v) is 3.91. The molecule has 20 heavy (non-hydrogen) atoms. The van der Waals surface area contributed by atoms with Crippen molar-refractivity contribution in [3.8, 4) is 0 Å². The number of benzene rings is 2. The Morgan fingerprint density at radius 1 is 0.950 bits per heavy atom. The lowest BCUT2D eigenvalue weighted by Crippen LogP contribution is -2.10. The molecule has 2 heteroatoms. The first-order chi connectivity index (χ1) is 9.65. The van der Waals surface area contributed by atoms with Crippen LogP contribution in [0.3, 0.4) is 0 Å². The molecule has 0 saturated heterocycles. The van der Waals surface area contributed by atoms with Crippen molar-refractivity contribution < 1.29 is 4.55 Å². The van der Waals surface area contributed by atoms with Crippen LogP contribution in [0.1, 0.15) is 28.7 Å². The first-order valence-electron chi connectivity index (χ1n) is 6.93. The van der Waals surface area contributed by atoms with Gasteiger partial charge in [-0.05, 0) is 56.5 Å². The molecule has 0 spiro atoms. The first-order valence-corrected chi connectivity index (χ1v) is 8.08. The van der Waals surface area contributed by atoms with Crippen molar-refractivity contribution in [3.05, 3.63) is 70.8 Å². The van der Waals surface area contributed by atoms with Crippen molar-refractivity contribution in [1.29, 1.82) is 0 Å². The third-order valence-electron chi connectivity index (χ3n) is 3.70. The Hall–Kier alpha value is -1.51. The van der Waals surface area contributed by atoms with E-state index in [1.165, 1.54) is 16.7 Å². The number of fused-ring (bicyclic) bond motifs is 1. The van der Waals surface area contributed by atoms with Crippen LogP contribution in [-0.4, -0.2) is 4.55 Å². The Kier molecular flexibility index (Phi) is 3.68. The third kappa shape index (κ3) is 2.54. The van der Waals surface area contributed by atoms with Crippen LogP contribution < -0.4 is 0 Å². The summed E-state index contributed by atoms with van der Waals surface area (Å²) in [5.41, 5.74) is 4.94. The molecular formula is C18H18OS. The van der Waals surface area contributed by atoms with Crippen LogP contribution in [0.4, 0.5) is 0 Å². The second-order valence-electron chi connectivity index (χ2n) is 5.35. The zero-order valence-corrected chi connectivity index (χ0v) is 12.7. The molecule has 1 nitrogen and oxygen atoms in total. The van der Waals surface area contributed by atoms with Crippen LogP contribution in [-0.2, 0) is 17.6 Å². The molecule has 2 aromatic carbocycles. The molecule has 0 aliphatic heterocycles. The lowest BCUT2D eigenvalue weighted by atomic mass is 9.95. The highest BCUT2D eigenvalue weighted by molar-refractivity contribution is 8.00. The summed E-state index contributed by atoms with van der Waals surface area (Å²) < 4.78 is 12.8. The normalized spacial score (nSPS) is 15.4. The standard InChI is InChI=1S/C18H18OS/c1-13-6-9-16(10-7-13)20(19)18-5-3-4-15-12-14(2)8-11-17(15)18/h5-12H,3-4H2,1-2H3. The highest BCUT2D eigenvalue weighted by Gasteiger charge is 2.24. The zero-order chi connectivity index (χ0) is 14.1. The minimum atomic E-state index is -1.08. The van der Waals surface area contributed by atoms with E-state index >= 15 is 0 Å². The summed E-state index contributed by atoms with van der Waals surface area (Å²) >= 11 is -1.08. The molecule has 0 amide bonds. The number of hydrogen-bond acceptors (Lipinski definition) is 1. The molecule has 0 aromatic heterocycles. The number of rotatable bonds is 2. The molecule has 1 aliphatic carbocycles. The molecule has 0 bridgehead atoms. The molecule has 0 fully saturated rings. The van der Waals surface area contributed by atoms with Gasteiger partial charge in [0.25, 0.3) is 0 Å². The van der Waals surface area contributed by atoms with E-state index in [1.807, 2.05) is 31.2 Å². The smallest absolute Gasteiger partial charge is 0.161 e. The van der Waals surface area contributed by atoms with Gasteiger partial charge in [0.05, 0.1) is 0 Å². The second kappa shape index (κ2) is 5.47. The maximum atomic E-state index is 12.8. The van der Waals surface area contributed by atoms with Crippen molar-refractivity contribution in [3.63, 3.8) is 0 Å². The lowest BCUT2D eigenvalue weighted by molar-refractivity contribution is 0.604. The maximum Gasteiger partial charge on any atom is 0.161 e. The SMILES string of the molecule is Cc1ccc([S+]([O-])C2=CCCc3cc(C)ccc32)cc1. The summed E-state index contributed by atoms with van der Waals surface area (Å²) in [6, 6.07) is 14.4. The summed E-state index contributed by atoms with van der Waals surface area (Å²) in [5, 5.41) is 0. The quantitative estimate of drug-likeness (QED) is 0.749. The Morgan fingerprint density at radius 3 is 2.40 bits per heavy atom. The van der Waals surface area contributed by atoms with Crippen LogP contribution in [0.2, 0.25) is 0 Å². The largest absolute Gasteiger partial charge is 0.606 e. The van der Waals surface area contributed by atoms with Gasteiger partial charge in [0.1, 0.15) is 0 Å². The fraction of sp³-hybridized carbons (Fsp3) is 0.222. The van der Waals surface area contributed by atoms with Gasteiger partial charge in [-0.1, -0.05) is 35.4 Å². The van der Waals surface area contributed by atoms with E-state index in [-0.39, 0.29) is 0 Å². The third-order valence-corrected chi connectivity index (χ3v) is 5.19. The van der Waals surface area contributed by atoms with Crippen molar-refractivity contribution in [2.24, 2.45) is 0 Å². The van der Waals surface area contributed by atoms with Crippen molar-refractivity contribution in [2.45, 2.75) is 31.6 Å². The van der Waals surface area contributed by atoms with E-state index in [1.54, 1.807) is 0 Å². The van der Waals surface area contributed by atoms with E-state index < -0.39 is 11.2 Å². The summed E-state index contributed by atoms with van der Waals surface area (Å²) in [6.07, 6.45) is 4.16. The molecule has 3 rings (SSSR count). The molecular weight excluding hydrogens is 264 g/mol. The van der Waals surface area contributed by atoms with Crippen molar-refractivity contribution in [1.82, 2.24) is 0 Å². The van der Waals surface area contributed by atoms with Crippen LogP contribution in [0.25, 0.3) is 4.91 Å². The average molecular weight is 282 g/mol. The summed E-state index contributed by atoms with van der Waals surface area (Å²) in [5.74, 6) is 0. The van der Waals surface area contributed by atoms with Crippen molar-refractivity contribution in [2.75, 3.05) is 0 Å². The number of allylic oxidation sites excluding steroid dienone is 1. The van der Waals surface area contributed by atoms with Crippen molar-refractivity contribution >= 4 is 16.1 Å². The molecule has 1 unspecified atom stereocenters. The Labute approximate surface area is 123 Å². The Bertz CT molecular complexity index is 656. The van der Waals surface area contributed by atoms with Crippen LogP contribution in [0, 0.1) is 13.8 Å². The molecule has 1 atom stereocenters. The van der Waals surface area contributed by atoms with Gasteiger partial charge in [-0.2, -0.15) is 0 Å². The van der Waals surface area contributed by atoms with Gasteiger partial charge in [0.15, 0.2) is 9.80 Å². The molecule has 0 N–H and O–H groups in total. The molecule has 102 valence electrons. The molecule has 2 aromatic rings. The maximum absolute atomic E-state index is 12.8. The highest BCUT2D eigenvalue weighted by atomic mass is 32.2. The molecule has 1 aliphatic rings. The van der Waals surface area contributed by atoms with Gasteiger partial charge in [-0.15, -0.1) is 0 Å². The lowest BCUT2D eigenvalue weighted by Gasteiger charge is -2.20. The molecule has 0 saturated carbocycles. The minimum absolute atomic E-state index is 0.885. The fourth-order valence-electron chi connectivity index (χ4n) is 2.60. The van der Waals surface area contributed by atoms with Gasteiger partial charge in [-0.3, -0.25) is 0 Å². The Morgan fingerprint density at radius 2 is 1.65 bits per heavy atom. The van der Waals surface area contributed by atoms with E-state index in [0.717, 1.165) is 28.2 Å². The summed E-state index contributed by atoms with van der Waals surface area (Å²) in [6.45, 7) is 4.15. The van der Waals surface area contributed by atoms with Crippen LogP contribution in [0.15, 0.2) is 53.4 Å². The highest BCUT2D eigenvalue weighted by Crippen LogP contribution is 2.34. The molecule has 0 radical (unpaired) electrons. The zero-order valence-electron chi connectivity index (χ0n) is 11.8.